The van der Waals surface area contributed by atoms with E-state index in [-0.39, 0.29) is 17.6 Å². The summed E-state index contributed by atoms with van der Waals surface area (Å²) >= 11 is 7.12. The summed E-state index contributed by atoms with van der Waals surface area (Å²) in [5.74, 6) is 0.170. The Labute approximate surface area is 172 Å². The van der Waals surface area contributed by atoms with Crippen LogP contribution < -0.4 is 10.6 Å². The summed E-state index contributed by atoms with van der Waals surface area (Å²) in [5, 5.41) is 6.08. The molecule has 0 aliphatic rings. The number of aryl methyl sites for hydroxylation is 1. The zero-order valence-corrected chi connectivity index (χ0v) is 16.7. The van der Waals surface area contributed by atoms with E-state index in [1.54, 1.807) is 24.3 Å². The third-order valence-corrected chi connectivity index (χ3v) is 5.09. The minimum Gasteiger partial charge on any atom is -0.325 e. The first-order valence-corrected chi connectivity index (χ1v) is 9.89. The number of carbonyl (C=O) groups excluding carboxylic acids is 2. The molecule has 0 aliphatic carbocycles. The van der Waals surface area contributed by atoms with Gasteiger partial charge in [0.1, 0.15) is 5.82 Å². The van der Waals surface area contributed by atoms with Crippen molar-refractivity contribution in [2.24, 2.45) is 0 Å². The summed E-state index contributed by atoms with van der Waals surface area (Å²) in [4.78, 5) is 29.6. The first-order valence-electron chi connectivity index (χ1n) is 8.52. The fourth-order valence-corrected chi connectivity index (χ4v) is 3.35. The highest BCUT2D eigenvalue weighted by Gasteiger charge is 2.13. The number of nitrogens with zero attached hydrogens (tertiary/aromatic N) is 1. The van der Waals surface area contributed by atoms with Crippen molar-refractivity contribution in [1.29, 1.82) is 0 Å². The second kappa shape index (κ2) is 9.39. The van der Waals surface area contributed by atoms with Gasteiger partial charge in [-0.1, -0.05) is 41.4 Å². The third kappa shape index (κ3) is 5.58. The Kier molecular flexibility index (Phi) is 6.68. The van der Waals surface area contributed by atoms with Crippen LogP contribution in [0.4, 0.5) is 11.5 Å². The number of aromatic nitrogens is 1. The summed E-state index contributed by atoms with van der Waals surface area (Å²) in [6, 6.07) is 18.0. The fourth-order valence-electron chi connectivity index (χ4n) is 2.39. The highest BCUT2D eigenvalue weighted by molar-refractivity contribution is 8.00. The Bertz CT molecular complexity index is 976. The van der Waals surface area contributed by atoms with Crippen LogP contribution in [0, 0.1) is 6.92 Å². The number of nitrogens with one attached hydrogen (secondary N) is 2. The average Bonchev–Trinajstić information content (AvgIpc) is 2.70. The van der Waals surface area contributed by atoms with Crippen LogP contribution in [-0.4, -0.2) is 22.6 Å². The molecule has 0 spiro atoms. The largest absolute Gasteiger partial charge is 0.325 e. The van der Waals surface area contributed by atoms with Crippen LogP contribution in [0.2, 0.25) is 5.02 Å². The maximum atomic E-state index is 12.6. The summed E-state index contributed by atoms with van der Waals surface area (Å²) < 4.78 is 0. The van der Waals surface area contributed by atoms with Crippen molar-refractivity contribution >= 4 is 46.7 Å². The van der Waals surface area contributed by atoms with Crippen molar-refractivity contribution in [3.8, 4) is 0 Å². The first kappa shape index (κ1) is 19.9. The van der Waals surface area contributed by atoms with E-state index in [9.17, 15) is 9.59 Å². The summed E-state index contributed by atoms with van der Waals surface area (Å²) in [5.41, 5.74) is 2.35. The monoisotopic (exact) mass is 411 g/mol. The van der Waals surface area contributed by atoms with Crippen molar-refractivity contribution in [3.05, 3.63) is 83.0 Å². The Balaban J connectivity index is 1.63. The molecule has 2 amide bonds. The highest BCUT2D eigenvalue weighted by atomic mass is 35.5. The van der Waals surface area contributed by atoms with Crippen LogP contribution in [-0.2, 0) is 4.79 Å². The molecule has 0 aliphatic heterocycles. The van der Waals surface area contributed by atoms with Crippen LogP contribution in [0.25, 0.3) is 0 Å². The molecule has 3 aromatic rings. The summed E-state index contributed by atoms with van der Waals surface area (Å²) in [7, 11) is 0. The number of pyridine rings is 1. The molecule has 0 bridgehead atoms. The second-order valence-electron chi connectivity index (χ2n) is 6.01. The number of anilines is 2. The Morgan fingerprint density at radius 1 is 1.00 bits per heavy atom. The maximum absolute atomic E-state index is 12.6. The molecule has 2 aromatic carbocycles. The van der Waals surface area contributed by atoms with Gasteiger partial charge in [-0.15, -0.1) is 11.8 Å². The van der Waals surface area contributed by atoms with E-state index in [4.69, 9.17) is 11.6 Å². The molecular weight excluding hydrogens is 394 g/mol. The van der Waals surface area contributed by atoms with Gasteiger partial charge in [-0.3, -0.25) is 9.59 Å². The lowest BCUT2D eigenvalue weighted by molar-refractivity contribution is -0.113. The number of amides is 2. The lowest BCUT2D eigenvalue weighted by Gasteiger charge is -2.10. The summed E-state index contributed by atoms with van der Waals surface area (Å²) in [6.07, 6.45) is 1.47. The number of hydrogen-bond acceptors (Lipinski definition) is 4. The van der Waals surface area contributed by atoms with Crippen molar-refractivity contribution in [3.63, 3.8) is 0 Å². The van der Waals surface area contributed by atoms with Gasteiger partial charge in [0.15, 0.2) is 0 Å². The molecule has 0 unspecified atom stereocenters. The van der Waals surface area contributed by atoms with Gasteiger partial charge >= 0.3 is 0 Å². The van der Waals surface area contributed by atoms with E-state index in [1.165, 1.54) is 18.0 Å². The van der Waals surface area contributed by atoms with E-state index in [0.29, 0.717) is 21.3 Å². The van der Waals surface area contributed by atoms with E-state index in [0.717, 1.165) is 11.3 Å². The molecule has 5 nitrogen and oxygen atoms in total. The zero-order valence-electron chi connectivity index (χ0n) is 15.1. The van der Waals surface area contributed by atoms with Gasteiger partial charge < -0.3 is 10.6 Å². The quantitative estimate of drug-likeness (QED) is 0.558. The molecule has 0 fully saturated rings. The molecule has 28 heavy (non-hydrogen) atoms. The van der Waals surface area contributed by atoms with Gasteiger partial charge in [-0.05, 0) is 43.3 Å². The molecule has 1 aromatic heterocycles. The number of halogens is 1. The Hall–Kier alpha value is -2.83. The topological polar surface area (TPSA) is 71.1 Å². The van der Waals surface area contributed by atoms with Crippen molar-refractivity contribution < 1.29 is 9.59 Å². The van der Waals surface area contributed by atoms with E-state index in [2.05, 4.69) is 15.6 Å². The fraction of sp³-hybridized carbons (Fsp3) is 0.0952. The van der Waals surface area contributed by atoms with Gasteiger partial charge in [-0.2, -0.15) is 0 Å². The number of carbonyl (C=O) groups is 2. The van der Waals surface area contributed by atoms with Crippen LogP contribution in [0.5, 0.6) is 0 Å². The molecule has 0 saturated carbocycles. The van der Waals surface area contributed by atoms with Crippen LogP contribution in [0.3, 0.4) is 0 Å². The van der Waals surface area contributed by atoms with Crippen LogP contribution in [0.1, 0.15) is 15.9 Å². The lowest BCUT2D eigenvalue weighted by atomic mass is 10.2. The zero-order chi connectivity index (χ0) is 19.9. The van der Waals surface area contributed by atoms with Gasteiger partial charge in [-0.25, -0.2) is 4.98 Å². The van der Waals surface area contributed by atoms with Crippen molar-refractivity contribution in [2.45, 2.75) is 11.8 Å². The van der Waals surface area contributed by atoms with Crippen molar-refractivity contribution in [1.82, 2.24) is 4.98 Å². The SMILES string of the molecule is Cc1ccc(NC(=O)CSc2ccccc2C(=O)Nc2ccc(Cl)cn2)cc1. The van der Waals surface area contributed by atoms with E-state index >= 15 is 0 Å². The number of hydrogen-bond donors (Lipinski definition) is 2. The number of benzene rings is 2. The molecule has 142 valence electrons. The average molecular weight is 412 g/mol. The number of rotatable bonds is 6. The first-order chi connectivity index (χ1) is 13.5. The van der Waals surface area contributed by atoms with Crippen LogP contribution in [0.15, 0.2) is 71.8 Å². The predicted molar refractivity (Wildman–Crippen MR) is 114 cm³/mol. The van der Waals surface area contributed by atoms with Gasteiger partial charge in [0.05, 0.1) is 16.3 Å². The lowest BCUT2D eigenvalue weighted by Crippen LogP contribution is -2.16. The smallest absolute Gasteiger partial charge is 0.257 e. The molecule has 1 heterocycles. The molecule has 0 radical (unpaired) electrons. The van der Waals surface area contributed by atoms with Gasteiger partial charge in [0.2, 0.25) is 5.91 Å². The number of thioether (sulfide) groups is 1. The molecular formula is C21H18ClN3O2S. The van der Waals surface area contributed by atoms with Crippen LogP contribution >= 0.6 is 23.4 Å². The standard InChI is InChI=1S/C21H18ClN3O2S/c1-14-6-9-16(10-7-14)24-20(26)13-28-18-5-3-2-4-17(18)21(27)25-19-11-8-15(22)12-23-19/h2-12H,13H2,1H3,(H,24,26)(H,23,25,27). The van der Waals surface area contributed by atoms with E-state index in [1.807, 2.05) is 43.3 Å². The Morgan fingerprint density at radius 2 is 1.75 bits per heavy atom. The molecule has 0 atom stereocenters. The molecule has 7 heteroatoms. The predicted octanol–water partition coefficient (Wildman–Crippen LogP) is 5.03. The third-order valence-electron chi connectivity index (χ3n) is 3.79. The molecule has 0 saturated heterocycles. The molecule has 3 rings (SSSR count). The maximum Gasteiger partial charge on any atom is 0.257 e. The van der Waals surface area contributed by atoms with Gasteiger partial charge in [0.25, 0.3) is 5.91 Å². The van der Waals surface area contributed by atoms with Gasteiger partial charge in [0, 0.05) is 16.8 Å². The highest BCUT2D eigenvalue weighted by Crippen LogP contribution is 2.24. The Morgan fingerprint density at radius 3 is 2.46 bits per heavy atom. The molecule has 2 N–H and O–H groups in total. The summed E-state index contributed by atoms with van der Waals surface area (Å²) in [6.45, 7) is 1.99. The minimum absolute atomic E-state index is 0.136. The minimum atomic E-state index is -0.295. The van der Waals surface area contributed by atoms with E-state index < -0.39 is 0 Å². The van der Waals surface area contributed by atoms with Crippen molar-refractivity contribution in [2.75, 3.05) is 16.4 Å². The second-order valence-corrected chi connectivity index (χ2v) is 7.47. The normalized spacial score (nSPS) is 10.4.